The summed E-state index contributed by atoms with van der Waals surface area (Å²) in [6.45, 7) is 1.87. The number of carbonyl (C=O) groups excluding carboxylic acids is 1. The SMILES string of the molecule is CNc1cc(C(=O)NC(C)CCS(C)=O)c(Cl)cn1. The fourth-order valence-electron chi connectivity index (χ4n) is 1.47. The van der Waals surface area contributed by atoms with E-state index >= 15 is 0 Å². The Balaban J connectivity index is 2.69. The molecule has 106 valence electrons. The van der Waals surface area contributed by atoms with Gasteiger partial charge in [-0.05, 0) is 19.4 Å². The lowest BCUT2D eigenvalue weighted by atomic mass is 10.2. The summed E-state index contributed by atoms with van der Waals surface area (Å²) in [5.74, 6) is 0.892. The van der Waals surface area contributed by atoms with Crippen molar-refractivity contribution in [1.82, 2.24) is 10.3 Å². The molecule has 0 spiro atoms. The highest BCUT2D eigenvalue weighted by Gasteiger charge is 2.14. The monoisotopic (exact) mass is 303 g/mol. The highest BCUT2D eigenvalue weighted by atomic mass is 35.5. The molecule has 0 aliphatic heterocycles. The minimum Gasteiger partial charge on any atom is -0.373 e. The van der Waals surface area contributed by atoms with E-state index in [1.165, 1.54) is 6.20 Å². The molecule has 0 fully saturated rings. The molecule has 0 saturated heterocycles. The number of carbonyl (C=O) groups is 1. The first-order valence-corrected chi connectivity index (χ1v) is 7.98. The van der Waals surface area contributed by atoms with Gasteiger partial charge in [-0.15, -0.1) is 0 Å². The van der Waals surface area contributed by atoms with Crippen molar-refractivity contribution >= 4 is 34.1 Å². The van der Waals surface area contributed by atoms with Gasteiger partial charge in [-0.1, -0.05) is 11.6 Å². The van der Waals surface area contributed by atoms with Crippen molar-refractivity contribution in [3.05, 3.63) is 22.8 Å². The van der Waals surface area contributed by atoms with Crippen LogP contribution in [-0.2, 0) is 10.8 Å². The topological polar surface area (TPSA) is 71.1 Å². The van der Waals surface area contributed by atoms with Crippen molar-refractivity contribution in [1.29, 1.82) is 0 Å². The maximum Gasteiger partial charge on any atom is 0.253 e. The van der Waals surface area contributed by atoms with E-state index in [1.54, 1.807) is 19.4 Å². The normalized spacial score (nSPS) is 13.7. The van der Waals surface area contributed by atoms with Crippen molar-refractivity contribution in [2.45, 2.75) is 19.4 Å². The van der Waals surface area contributed by atoms with Gasteiger partial charge in [-0.2, -0.15) is 0 Å². The van der Waals surface area contributed by atoms with Crippen molar-refractivity contribution in [3.8, 4) is 0 Å². The van der Waals surface area contributed by atoms with Gasteiger partial charge < -0.3 is 10.6 Å². The van der Waals surface area contributed by atoms with E-state index in [0.29, 0.717) is 28.6 Å². The summed E-state index contributed by atoms with van der Waals surface area (Å²) < 4.78 is 11.0. The molecule has 0 saturated carbocycles. The molecule has 5 nitrogen and oxygen atoms in total. The molecule has 0 radical (unpaired) electrons. The van der Waals surface area contributed by atoms with Crippen LogP contribution in [0.3, 0.4) is 0 Å². The summed E-state index contributed by atoms with van der Waals surface area (Å²) in [7, 11) is 0.867. The minimum atomic E-state index is -0.852. The molecule has 7 heteroatoms. The summed E-state index contributed by atoms with van der Waals surface area (Å²) in [6, 6.07) is 1.54. The molecular weight excluding hydrogens is 286 g/mol. The quantitative estimate of drug-likeness (QED) is 0.838. The summed E-state index contributed by atoms with van der Waals surface area (Å²) in [4.78, 5) is 16.1. The van der Waals surface area contributed by atoms with Gasteiger partial charge in [-0.25, -0.2) is 4.98 Å². The Hall–Kier alpha value is -1.14. The summed E-state index contributed by atoms with van der Waals surface area (Å²) in [5, 5.41) is 5.99. The van der Waals surface area contributed by atoms with Crippen molar-refractivity contribution in [2.24, 2.45) is 0 Å². The van der Waals surface area contributed by atoms with E-state index in [1.807, 2.05) is 6.92 Å². The molecule has 0 aromatic carbocycles. The van der Waals surface area contributed by atoms with Gasteiger partial charge in [0.15, 0.2) is 0 Å². The van der Waals surface area contributed by atoms with Gasteiger partial charge in [0.2, 0.25) is 0 Å². The second-order valence-electron chi connectivity index (χ2n) is 4.24. The maximum absolute atomic E-state index is 12.1. The van der Waals surface area contributed by atoms with Crippen LogP contribution in [0.25, 0.3) is 0 Å². The van der Waals surface area contributed by atoms with Gasteiger partial charge in [0, 0.05) is 42.1 Å². The number of rotatable bonds is 6. The van der Waals surface area contributed by atoms with Crippen molar-refractivity contribution in [3.63, 3.8) is 0 Å². The maximum atomic E-state index is 12.1. The number of anilines is 1. The lowest BCUT2D eigenvalue weighted by Gasteiger charge is -2.14. The first kappa shape index (κ1) is 15.9. The van der Waals surface area contributed by atoms with E-state index in [2.05, 4.69) is 15.6 Å². The lowest BCUT2D eigenvalue weighted by molar-refractivity contribution is 0.0939. The average Bonchev–Trinajstić information content (AvgIpc) is 2.36. The van der Waals surface area contributed by atoms with Crippen LogP contribution in [0.15, 0.2) is 12.3 Å². The van der Waals surface area contributed by atoms with Crippen LogP contribution in [0, 0.1) is 0 Å². The average molecular weight is 304 g/mol. The third-order valence-corrected chi connectivity index (χ3v) is 3.68. The Morgan fingerprint density at radius 3 is 2.84 bits per heavy atom. The number of nitrogens with zero attached hydrogens (tertiary/aromatic N) is 1. The molecule has 2 atom stereocenters. The Kier molecular flexibility index (Phi) is 6.24. The Labute approximate surface area is 120 Å². The highest BCUT2D eigenvalue weighted by Crippen LogP contribution is 2.17. The fourth-order valence-corrected chi connectivity index (χ4v) is 2.34. The summed E-state index contributed by atoms with van der Waals surface area (Å²) >= 11 is 5.96. The van der Waals surface area contributed by atoms with Crippen molar-refractivity contribution < 1.29 is 9.00 Å². The van der Waals surface area contributed by atoms with Gasteiger partial charge in [-0.3, -0.25) is 9.00 Å². The molecule has 0 bridgehead atoms. The Morgan fingerprint density at radius 2 is 2.26 bits per heavy atom. The number of aromatic nitrogens is 1. The van der Waals surface area contributed by atoms with E-state index in [-0.39, 0.29) is 11.9 Å². The number of amides is 1. The molecule has 0 aliphatic rings. The predicted molar refractivity (Wildman–Crippen MR) is 79.3 cm³/mol. The number of halogens is 1. The number of hydrogen-bond acceptors (Lipinski definition) is 4. The molecule has 1 amide bonds. The van der Waals surface area contributed by atoms with Crippen LogP contribution < -0.4 is 10.6 Å². The van der Waals surface area contributed by atoms with Gasteiger partial charge in [0.1, 0.15) is 5.82 Å². The zero-order chi connectivity index (χ0) is 14.4. The third-order valence-electron chi connectivity index (χ3n) is 2.57. The standard InChI is InChI=1S/C12H18ClN3O2S/c1-8(4-5-19(3)18)16-12(17)9-6-11(14-2)15-7-10(9)13/h6-8H,4-5H2,1-3H3,(H,14,15)(H,16,17). The number of nitrogens with one attached hydrogen (secondary N) is 2. The molecule has 0 aliphatic carbocycles. The summed E-state index contributed by atoms with van der Waals surface area (Å²) in [6.07, 6.45) is 3.75. The Bertz CT molecular complexity index is 482. The van der Waals surface area contributed by atoms with Crippen LogP contribution in [-0.4, -0.2) is 40.2 Å². The molecule has 1 rings (SSSR count). The van der Waals surface area contributed by atoms with Crippen LogP contribution in [0.4, 0.5) is 5.82 Å². The van der Waals surface area contributed by atoms with E-state index in [4.69, 9.17) is 11.6 Å². The molecule has 19 heavy (non-hydrogen) atoms. The highest BCUT2D eigenvalue weighted by molar-refractivity contribution is 7.84. The van der Waals surface area contributed by atoms with Crippen LogP contribution in [0.1, 0.15) is 23.7 Å². The zero-order valence-electron chi connectivity index (χ0n) is 11.2. The van der Waals surface area contributed by atoms with E-state index in [0.717, 1.165) is 0 Å². The molecular formula is C12H18ClN3O2S. The smallest absolute Gasteiger partial charge is 0.253 e. The Morgan fingerprint density at radius 1 is 1.58 bits per heavy atom. The van der Waals surface area contributed by atoms with Gasteiger partial charge >= 0.3 is 0 Å². The van der Waals surface area contributed by atoms with Crippen LogP contribution in [0.2, 0.25) is 5.02 Å². The summed E-state index contributed by atoms with van der Waals surface area (Å²) in [5.41, 5.74) is 0.380. The minimum absolute atomic E-state index is 0.0568. The van der Waals surface area contributed by atoms with E-state index < -0.39 is 10.8 Å². The first-order valence-electron chi connectivity index (χ1n) is 5.88. The number of hydrogen-bond donors (Lipinski definition) is 2. The van der Waals surface area contributed by atoms with Gasteiger partial charge in [0.25, 0.3) is 5.91 Å². The number of pyridine rings is 1. The largest absolute Gasteiger partial charge is 0.373 e. The zero-order valence-corrected chi connectivity index (χ0v) is 12.8. The molecule has 2 unspecified atom stereocenters. The van der Waals surface area contributed by atoms with E-state index in [9.17, 15) is 9.00 Å². The first-order chi connectivity index (χ1) is 8.93. The van der Waals surface area contributed by atoms with Gasteiger partial charge in [0.05, 0.1) is 10.6 Å². The van der Waals surface area contributed by atoms with Crippen molar-refractivity contribution in [2.75, 3.05) is 24.4 Å². The van der Waals surface area contributed by atoms with Crippen LogP contribution in [0.5, 0.6) is 0 Å². The fraction of sp³-hybridized carbons (Fsp3) is 0.500. The predicted octanol–water partition coefficient (Wildman–Crippen LogP) is 1.66. The second-order valence-corrected chi connectivity index (χ2v) is 6.20. The molecule has 1 aromatic heterocycles. The molecule has 2 N–H and O–H groups in total. The van der Waals surface area contributed by atoms with Crippen LogP contribution >= 0.6 is 11.6 Å². The lowest BCUT2D eigenvalue weighted by Crippen LogP contribution is -2.33. The third kappa shape index (κ3) is 5.16. The molecule has 1 aromatic rings. The molecule has 1 heterocycles. The second kappa shape index (κ2) is 7.45.